The molecule has 0 aliphatic carbocycles. The largest absolute Gasteiger partial charge is 0.488 e. The predicted molar refractivity (Wildman–Crippen MR) is 108 cm³/mol. The SMILES string of the molecule is Cc1c(CN2CCN(C(=O)OC(C)(C)C)CC2)cc(OS(=O)(=O)F)c(C)c1N=[N+]=[N-]. The Morgan fingerprint density at radius 3 is 2.33 bits per heavy atom. The maximum atomic E-state index is 13.1. The first kappa shape index (κ1) is 23.7. The molecule has 1 aromatic carbocycles. The van der Waals surface area contributed by atoms with Crippen molar-refractivity contribution in [1.82, 2.24) is 9.80 Å². The fourth-order valence-electron chi connectivity index (χ4n) is 3.13. The van der Waals surface area contributed by atoms with E-state index in [9.17, 15) is 17.1 Å². The number of piperazine rings is 1. The Balaban J connectivity index is 2.19. The average Bonchev–Trinajstić information content (AvgIpc) is 2.61. The predicted octanol–water partition coefficient (Wildman–Crippen LogP) is 3.89. The average molecular weight is 444 g/mol. The Kier molecular flexibility index (Phi) is 7.17. The molecule has 30 heavy (non-hydrogen) atoms. The third-order valence-corrected chi connectivity index (χ3v) is 5.00. The lowest BCUT2D eigenvalue weighted by molar-refractivity contribution is 0.0139. The fourth-order valence-corrected chi connectivity index (χ4v) is 3.52. The van der Waals surface area contributed by atoms with Gasteiger partial charge in [0.25, 0.3) is 0 Å². The summed E-state index contributed by atoms with van der Waals surface area (Å²) in [6, 6.07) is 1.43. The topological polar surface area (TPSA) is 125 Å². The zero-order valence-electron chi connectivity index (χ0n) is 17.7. The van der Waals surface area contributed by atoms with Crippen molar-refractivity contribution in [3.63, 3.8) is 0 Å². The molecule has 1 saturated heterocycles. The highest BCUT2D eigenvalue weighted by Crippen LogP contribution is 2.36. The molecule has 0 aromatic heterocycles. The molecule has 10 nitrogen and oxygen atoms in total. The van der Waals surface area contributed by atoms with Crippen LogP contribution in [0.3, 0.4) is 0 Å². The van der Waals surface area contributed by atoms with Crippen molar-refractivity contribution in [2.45, 2.75) is 46.8 Å². The molecule has 1 amide bonds. The summed E-state index contributed by atoms with van der Waals surface area (Å²) in [5.41, 5.74) is 9.96. The van der Waals surface area contributed by atoms with Crippen LogP contribution in [-0.4, -0.2) is 56.1 Å². The second-order valence-electron chi connectivity index (χ2n) is 8.04. The van der Waals surface area contributed by atoms with Crippen LogP contribution in [0.5, 0.6) is 5.75 Å². The quantitative estimate of drug-likeness (QED) is 0.294. The van der Waals surface area contributed by atoms with Gasteiger partial charge in [0.2, 0.25) is 0 Å². The lowest BCUT2D eigenvalue weighted by Gasteiger charge is -2.36. The van der Waals surface area contributed by atoms with Crippen LogP contribution in [-0.2, 0) is 21.8 Å². The van der Waals surface area contributed by atoms with Crippen LogP contribution < -0.4 is 4.18 Å². The molecular weight excluding hydrogens is 417 g/mol. The number of amides is 1. The minimum atomic E-state index is -5.23. The fraction of sp³-hybridized carbons (Fsp3) is 0.611. The smallest absolute Gasteiger partial charge is 0.444 e. The molecule has 0 radical (unpaired) electrons. The molecule has 1 aliphatic heterocycles. The molecule has 166 valence electrons. The van der Waals surface area contributed by atoms with Gasteiger partial charge in [-0.05, 0) is 57.3 Å². The van der Waals surface area contributed by atoms with Crippen molar-refractivity contribution in [1.29, 1.82) is 0 Å². The summed E-state index contributed by atoms with van der Waals surface area (Å²) < 4.78 is 44.8. The van der Waals surface area contributed by atoms with Crippen LogP contribution >= 0.6 is 0 Å². The standard InChI is InChI=1S/C18H26FN5O5S/c1-12-14(10-15(29-30(19,26)27)13(2)16(12)21-22-20)11-23-6-8-24(9-7-23)17(25)28-18(3,4)5/h10H,6-9,11H2,1-5H3. The normalized spacial score (nSPS) is 15.5. The summed E-state index contributed by atoms with van der Waals surface area (Å²) in [5.74, 6) is -0.229. The highest BCUT2D eigenvalue weighted by atomic mass is 32.3. The third-order valence-electron chi connectivity index (χ3n) is 4.62. The Morgan fingerprint density at radius 2 is 1.83 bits per heavy atom. The molecular formula is C18H26FN5O5S. The van der Waals surface area contributed by atoms with E-state index in [2.05, 4.69) is 14.2 Å². The van der Waals surface area contributed by atoms with E-state index in [4.69, 9.17) is 10.3 Å². The van der Waals surface area contributed by atoms with Gasteiger partial charge in [0.1, 0.15) is 11.4 Å². The zero-order valence-corrected chi connectivity index (χ0v) is 18.5. The Labute approximate surface area is 175 Å². The van der Waals surface area contributed by atoms with Gasteiger partial charge in [0, 0.05) is 48.9 Å². The molecule has 1 aromatic rings. The van der Waals surface area contributed by atoms with E-state index < -0.39 is 16.1 Å². The van der Waals surface area contributed by atoms with Crippen molar-refractivity contribution < 1.29 is 26.0 Å². The number of carbonyl (C=O) groups is 1. The highest BCUT2D eigenvalue weighted by molar-refractivity contribution is 7.81. The number of ether oxygens (including phenoxy) is 1. The van der Waals surface area contributed by atoms with E-state index in [1.54, 1.807) is 32.6 Å². The van der Waals surface area contributed by atoms with E-state index >= 15 is 0 Å². The second-order valence-corrected chi connectivity index (χ2v) is 8.99. The van der Waals surface area contributed by atoms with Crippen molar-refractivity contribution >= 4 is 22.3 Å². The monoisotopic (exact) mass is 443 g/mol. The first-order chi connectivity index (χ1) is 13.8. The van der Waals surface area contributed by atoms with Gasteiger partial charge < -0.3 is 13.8 Å². The molecule has 0 bridgehead atoms. The summed E-state index contributed by atoms with van der Waals surface area (Å²) in [4.78, 5) is 18.6. The van der Waals surface area contributed by atoms with Crippen LogP contribution in [0, 0.1) is 13.8 Å². The van der Waals surface area contributed by atoms with Crippen molar-refractivity contribution in [3.8, 4) is 5.75 Å². The minimum absolute atomic E-state index is 0.195. The van der Waals surface area contributed by atoms with Crippen LogP contribution in [0.15, 0.2) is 11.2 Å². The molecule has 1 aliphatic rings. The Morgan fingerprint density at radius 1 is 1.23 bits per heavy atom. The molecule has 0 N–H and O–H groups in total. The minimum Gasteiger partial charge on any atom is -0.444 e. The van der Waals surface area contributed by atoms with E-state index in [-0.39, 0.29) is 23.1 Å². The molecule has 0 unspecified atom stereocenters. The lowest BCUT2D eigenvalue weighted by Crippen LogP contribution is -2.49. The van der Waals surface area contributed by atoms with E-state index in [1.807, 2.05) is 4.90 Å². The zero-order chi connectivity index (χ0) is 22.7. The van der Waals surface area contributed by atoms with E-state index in [0.29, 0.717) is 43.9 Å². The van der Waals surface area contributed by atoms with Gasteiger partial charge in [0.05, 0.1) is 0 Å². The third kappa shape index (κ3) is 6.48. The number of azide groups is 1. The van der Waals surface area contributed by atoms with Crippen molar-refractivity contribution in [2.24, 2.45) is 5.11 Å². The van der Waals surface area contributed by atoms with Gasteiger partial charge >= 0.3 is 16.6 Å². The maximum absolute atomic E-state index is 13.1. The van der Waals surface area contributed by atoms with E-state index in [0.717, 1.165) is 0 Å². The molecule has 0 atom stereocenters. The first-order valence-corrected chi connectivity index (χ1v) is 10.6. The van der Waals surface area contributed by atoms with Crippen LogP contribution in [0.4, 0.5) is 14.4 Å². The number of hydrogen-bond donors (Lipinski definition) is 0. The molecule has 12 heteroatoms. The van der Waals surface area contributed by atoms with Crippen LogP contribution in [0.25, 0.3) is 10.4 Å². The molecule has 0 saturated carbocycles. The van der Waals surface area contributed by atoms with Gasteiger partial charge in [-0.1, -0.05) is 9.00 Å². The Bertz CT molecular complexity index is 962. The summed E-state index contributed by atoms with van der Waals surface area (Å²) >= 11 is 0. The number of nitrogens with zero attached hydrogens (tertiary/aromatic N) is 5. The van der Waals surface area contributed by atoms with Crippen LogP contribution in [0.1, 0.15) is 37.5 Å². The van der Waals surface area contributed by atoms with Gasteiger partial charge in [-0.15, -0.1) is 0 Å². The number of benzene rings is 1. The van der Waals surface area contributed by atoms with Crippen molar-refractivity contribution in [2.75, 3.05) is 26.2 Å². The van der Waals surface area contributed by atoms with Gasteiger partial charge in [0.15, 0.2) is 0 Å². The number of hydrogen-bond acceptors (Lipinski definition) is 7. The highest BCUT2D eigenvalue weighted by Gasteiger charge is 2.26. The number of halogens is 1. The van der Waals surface area contributed by atoms with Gasteiger partial charge in [-0.2, -0.15) is 8.42 Å². The summed E-state index contributed by atoms with van der Waals surface area (Å²) in [7, 11) is -5.23. The summed E-state index contributed by atoms with van der Waals surface area (Å²) in [5, 5.41) is 3.61. The summed E-state index contributed by atoms with van der Waals surface area (Å²) in [6.07, 6.45) is -0.372. The molecule has 2 rings (SSSR count). The maximum Gasteiger partial charge on any atom is 0.488 e. The van der Waals surface area contributed by atoms with Crippen molar-refractivity contribution in [3.05, 3.63) is 33.2 Å². The first-order valence-electron chi connectivity index (χ1n) is 9.33. The molecule has 1 fully saturated rings. The Hall–Kier alpha value is -2.56. The van der Waals surface area contributed by atoms with Gasteiger partial charge in [-0.25, -0.2) is 4.79 Å². The van der Waals surface area contributed by atoms with E-state index in [1.165, 1.54) is 13.0 Å². The van der Waals surface area contributed by atoms with Crippen LogP contribution in [0.2, 0.25) is 0 Å². The number of carbonyl (C=O) groups excluding carboxylic acids is 1. The number of rotatable bonds is 5. The summed E-state index contributed by atoms with van der Waals surface area (Å²) in [6.45, 7) is 11.1. The lowest BCUT2D eigenvalue weighted by atomic mass is 10.0. The molecule has 1 heterocycles. The van der Waals surface area contributed by atoms with Gasteiger partial charge in [-0.3, -0.25) is 4.90 Å². The molecule has 0 spiro atoms. The second kappa shape index (κ2) is 9.07.